The zero-order chi connectivity index (χ0) is 95.9. The maximum atomic E-state index is 15.4. The van der Waals surface area contributed by atoms with Gasteiger partial charge in [0.25, 0.3) is 17.7 Å². The molecule has 3 amide bonds. The number of benzene rings is 5. The van der Waals surface area contributed by atoms with E-state index in [1.807, 2.05) is 115 Å². The fourth-order valence-corrected chi connectivity index (χ4v) is 16.7. The molecule has 696 valence electrons. The molecule has 13 aromatic rings. The number of aromatic nitrogens is 12. The van der Waals surface area contributed by atoms with Crippen LogP contribution in [0.2, 0.25) is 20.1 Å². The van der Waals surface area contributed by atoms with Gasteiger partial charge < -0.3 is 67.5 Å². The lowest BCUT2D eigenvalue weighted by Gasteiger charge is -2.29. The van der Waals surface area contributed by atoms with E-state index < -0.39 is 46.9 Å². The van der Waals surface area contributed by atoms with Crippen molar-refractivity contribution in [2.75, 3.05) is 68.6 Å². The van der Waals surface area contributed by atoms with E-state index in [-0.39, 0.29) is 120 Å². The van der Waals surface area contributed by atoms with Crippen molar-refractivity contribution in [2.45, 2.75) is 192 Å². The zero-order valence-electron chi connectivity index (χ0n) is 76.7. The molecule has 0 aliphatic carbocycles. The summed E-state index contributed by atoms with van der Waals surface area (Å²) in [6, 6.07) is 12.7. The van der Waals surface area contributed by atoms with Crippen molar-refractivity contribution < 1.29 is 60.4 Å². The van der Waals surface area contributed by atoms with Crippen LogP contribution in [0.4, 0.5) is 46.5 Å². The van der Waals surface area contributed by atoms with E-state index >= 15 is 8.78 Å². The number of carbonyl (C=O) groups is 4. The quantitative estimate of drug-likeness (QED) is 0.0195. The van der Waals surface area contributed by atoms with E-state index in [0.717, 1.165) is 37.3 Å². The molecule has 0 spiro atoms. The summed E-state index contributed by atoms with van der Waals surface area (Å²) in [7, 11) is 3.63. The lowest BCUT2D eigenvalue weighted by Crippen LogP contribution is -2.37. The molecule has 1 saturated heterocycles. The number of amides is 3. The topological polar surface area (TPSA) is 379 Å². The number of aryl methyl sites for hydroxylation is 4. The number of ketones is 1. The van der Waals surface area contributed by atoms with Crippen molar-refractivity contribution in [3.8, 4) is 28.7 Å². The van der Waals surface area contributed by atoms with Gasteiger partial charge in [-0.05, 0) is 177 Å². The summed E-state index contributed by atoms with van der Waals surface area (Å²) in [6.45, 7) is 35.7. The van der Waals surface area contributed by atoms with Crippen LogP contribution in [0.15, 0.2) is 98.1 Å². The highest BCUT2D eigenvalue weighted by Gasteiger charge is 2.37. The third-order valence-electron chi connectivity index (χ3n) is 22.1. The number of ether oxygens (including phenoxy) is 5. The van der Waals surface area contributed by atoms with Crippen LogP contribution < -0.4 is 62.6 Å². The van der Waals surface area contributed by atoms with Crippen LogP contribution in [0.1, 0.15) is 250 Å². The first kappa shape index (κ1) is 99.3. The molecule has 1 aliphatic heterocycles. The van der Waals surface area contributed by atoms with Crippen LogP contribution >= 0.6 is 46.4 Å². The average molecular weight is 1880 g/mol. The number of hydrogen-bond donors (Lipinski definition) is 7. The molecule has 0 saturated carbocycles. The molecule has 14 rings (SSSR count). The third kappa shape index (κ3) is 21.3. The van der Waals surface area contributed by atoms with E-state index in [1.54, 1.807) is 109 Å². The first-order valence-corrected chi connectivity index (χ1v) is 44.4. The molecule has 4 unspecified atom stereocenters. The summed E-state index contributed by atoms with van der Waals surface area (Å²) in [5.41, 5.74) is 31.7. The maximum absolute atomic E-state index is 15.4. The van der Waals surface area contributed by atoms with Gasteiger partial charge in [0.05, 0.1) is 80.0 Å². The van der Waals surface area contributed by atoms with E-state index in [2.05, 4.69) is 57.8 Å². The summed E-state index contributed by atoms with van der Waals surface area (Å²) in [5, 5.41) is 7.65. The molecule has 5 aromatic carbocycles. The number of hydrogen-bond acceptors (Lipinski definition) is 22. The standard InChI is InChI=1S/C26H34ClFN6O2.C26H27ClFN5O3.C21H25ClFN5O2.C21H24ClFN4O2/c1-14(2)36-23-18(15(3)25-32-16(4)22-24(29)30-8-11-34(22)25)12-19(27)21(28)20(23)26(35)31-13-17-6-9-33(5)10-7-17;1-13(2)36-23-18(14(3)25-31-15(4)22-24(29)30-10-11-33(22)25)12-19(27)21(28)20(23)26(34)32-16-6-8-17(35-5)9-7-16;1-6-25-21(29)15-16(23)14(22)9-13(18(15)30-10(2)3)11(4)20-27-12(5)17-19(24)26-7-8-28(17)20;1-6-15(28)16-17(23)14(22)9-13(19(16)29-10(2)3)11(4)21-26-12(5)18-20(24)25-7-8-27(18)21/h8,11-12,14-15,17H,6-7,9-10,13H2,1-5H3,(H2,29,30)(H,31,35);6-14H,1-5H3,(H2,29,30)(H,32,34);7-11H,6H2,1-5H3,(H2,24,26)(H,25,29);7-11H,6H2,1-5H3,(H2,24,25). The Morgan fingerprint density at radius 1 is 0.443 bits per heavy atom. The van der Waals surface area contributed by atoms with E-state index in [9.17, 15) is 28.0 Å². The Kier molecular flexibility index (Phi) is 32.0. The van der Waals surface area contributed by atoms with Gasteiger partial charge >= 0.3 is 0 Å². The number of carbonyl (C=O) groups excluding carboxylic acids is 4. The fourth-order valence-electron chi connectivity index (χ4n) is 15.8. The van der Waals surface area contributed by atoms with Crippen molar-refractivity contribution in [3.63, 3.8) is 0 Å². The van der Waals surface area contributed by atoms with Crippen molar-refractivity contribution in [1.82, 2.24) is 73.0 Å². The monoisotopic (exact) mass is 1880 g/mol. The Hall–Kier alpha value is -12.3. The lowest BCUT2D eigenvalue weighted by atomic mass is 9.94. The van der Waals surface area contributed by atoms with E-state index in [4.69, 9.17) is 103 Å². The normalized spacial score (nSPS) is 13.3. The van der Waals surface area contributed by atoms with Gasteiger partial charge in [-0.2, -0.15) is 0 Å². The van der Waals surface area contributed by atoms with Crippen LogP contribution in [0.3, 0.4) is 0 Å². The zero-order valence-corrected chi connectivity index (χ0v) is 79.7. The van der Waals surface area contributed by atoms with Crippen LogP contribution in [0.5, 0.6) is 28.7 Å². The minimum Gasteiger partial charge on any atom is -0.497 e. The molecular weight excluding hydrogens is 1770 g/mol. The Balaban J connectivity index is 0.000000169. The van der Waals surface area contributed by atoms with Crippen LogP contribution in [-0.4, -0.2) is 151 Å². The first-order chi connectivity index (χ1) is 62.0. The van der Waals surface area contributed by atoms with Gasteiger partial charge in [-0.1, -0.05) is 81.0 Å². The van der Waals surface area contributed by atoms with Gasteiger partial charge in [0.1, 0.15) is 114 Å². The molecule has 1 aliphatic rings. The number of nitrogens with two attached hydrogens (primary N) is 4. The first-order valence-electron chi connectivity index (χ1n) is 42.9. The summed E-state index contributed by atoms with van der Waals surface area (Å²) in [5.74, 6) is -1.33. The Morgan fingerprint density at radius 2 is 0.725 bits per heavy atom. The molecule has 0 radical (unpaired) electrons. The van der Waals surface area contributed by atoms with Gasteiger partial charge in [0, 0.05) is 121 Å². The number of halogens is 8. The van der Waals surface area contributed by atoms with Gasteiger partial charge in [0.15, 0.2) is 29.1 Å². The minimum atomic E-state index is -0.869. The van der Waals surface area contributed by atoms with Crippen LogP contribution in [-0.2, 0) is 0 Å². The smallest absolute Gasteiger partial charge is 0.262 e. The molecule has 8 aromatic heterocycles. The number of nitrogen functional groups attached to an aromatic ring is 4. The molecule has 29 nitrogen and oxygen atoms in total. The molecule has 131 heavy (non-hydrogen) atoms. The molecule has 0 bridgehead atoms. The number of nitrogens with zero attached hydrogens (tertiary/aromatic N) is 13. The number of Topliss-reactive ketones (excluding diaryl/α,β-unsaturated/α-hetero) is 1. The largest absolute Gasteiger partial charge is 0.497 e. The molecule has 4 atom stereocenters. The highest BCUT2D eigenvalue weighted by molar-refractivity contribution is 6.32. The maximum Gasteiger partial charge on any atom is 0.262 e. The molecule has 11 N–H and O–H groups in total. The van der Waals surface area contributed by atoms with Crippen molar-refractivity contribution in [2.24, 2.45) is 5.92 Å². The second-order valence-corrected chi connectivity index (χ2v) is 34.7. The Morgan fingerprint density at radius 3 is 1.01 bits per heavy atom. The Bertz CT molecular complexity index is 6430. The number of imidazole rings is 4. The lowest BCUT2D eigenvalue weighted by molar-refractivity contribution is 0.0923. The van der Waals surface area contributed by atoms with Crippen molar-refractivity contribution >= 4 is 121 Å². The molecule has 9 heterocycles. The number of anilines is 5. The summed E-state index contributed by atoms with van der Waals surface area (Å²) in [6.07, 6.45) is 14.3. The van der Waals surface area contributed by atoms with Crippen LogP contribution in [0, 0.1) is 56.9 Å². The highest BCUT2D eigenvalue weighted by Crippen LogP contribution is 2.46. The molecular formula is C94H110Cl4F4N20O9. The molecule has 1 fully saturated rings. The average Bonchev–Trinajstić information content (AvgIpc) is 1.74. The van der Waals surface area contributed by atoms with Gasteiger partial charge in [-0.15, -0.1) is 0 Å². The highest BCUT2D eigenvalue weighted by atomic mass is 35.5. The summed E-state index contributed by atoms with van der Waals surface area (Å²) < 4.78 is 97.1. The number of nitrogens with one attached hydrogen (secondary N) is 3. The number of methoxy groups -OCH3 is 1. The number of piperidine rings is 1. The third-order valence-corrected chi connectivity index (χ3v) is 23.2. The van der Waals surface area contributed by atoms with Crippen LogP contribution in [0.25, 0.3) is 22.1 Å². The minimum absolute atomic E-state index is 0.0989. The summed E-state index contributed by atoms with van der Waals surface area (Å²) >= 11 is 25.0. The van der Waals surface area contributed by atoms with Gasteiger partial charge in [-0.25, -0.2) is 57.4 Å². The second-order valence-electron chi connectivity index (χ2n) is 33.0. The van der Waals surface area contributed by atoms with E-state index in [0.29, 0.717) is 133 Å². The Labute approximate surface area is 777 Å². The number of rotatable bonds is 26. The van der Waals surface area contributed by atoms with Crippen molar-refractivity contribution in [3.05, 3.63) is 232 Å². The van der Waals surface area contributed by atoms with Crippen molar-refractivity contribution in [1.29, 1.82) is 0 Å². The second kappa shape index (κ2) is 42.3. The predicted molar refractivity (Wildman–Crippen MR) is 503 cm³/mol. The SMILES string of the molecule is CCC(=O)c1c(F)c(Cl)cc(C(C)c2nc(C)c3c(N)nccn23)c1OC(C)C.CCNC(=O)c1c(F)c(Cl)cc(C(C)c2nc(C)c3c(N)nccn23)c1OC(C)C.COc1ccc(NC(=O)c2c(F)c(Cl)cc(C(C)c3nc(C)c4c(N)nccn34)c2OC(C)C)cc1.Cc1nc(C(C)c2cc(Cl)c(F)c(C(=O)NCC3CCN(C)CC3)c2OC(C)C)n2ccnc(N)c12. The number of likely N-dealkylation sites (tertiary alicyclic amines) is 1. The predicted octanol–water partition coefficient (Wildman–Crippen LogP) is 19.1. The van der Waals surface area contributed by atoms with E-state index in [1.165, 1.54) is 24.3 Å². The fraction of sp³-hybridized carbons (Fsp3) is 0.383. The molecule has 37 heteroatoms. The van der Waals surface area contributed by atoms with Gasteiger partial charge in [0.2, 0.25) is 0 Å². The van der Waals surface area contributed by atoms with Gasteiger partial charge in [-0.3, -0.25) is 36.8 Å². The summed E-state index contributed by atoms with van der Waals surface area (Å²) in [4.78, 5) is 89.5. The number of fused-ring (bicyclic) bond motifs is 4.